The molecule has 0 amide bonds. The third-order valence-corrected chi connectivity index (χ3v) is 11.3. The van der Waals surface area contributed by atoms with Gasteiger partial charge in [0, 0.05) is 36.4 Å². The van der Waals surface area contributed by atoms with Gasteiger partial charge in [-0.05, 0) is 62.8 Å². The zero-order valence-electron chi connectivity index (χ0n) is 23.3. The first-order valence-electron chi connectivity index (χ1n) is 14.9. The molecule has 7 unspecified atom stereocenters. The van der Waals surface area contributed by atoms with Gasteiger partial charge in [-0.1, -0.05) is 31.8 Å². The van der Waals surface area contributed by atoms with Gasteiger partial charge >= 0.3 is 0 Å². The summed E-state index contributed by atoms with van der Waals surface area (Å²) in [5.41, 5.74) is 5.20. The fourth-order valence-electron chi connectivity index (χ4n) is 9.80. The maximum Gasteiger partial charge on any atom is 0.293 e. The number of quaternary nitrogens is 1. The molecule has 9 nitrogen and oxygen atoms in total. The second kappa shape index (κ2) is 10.8. The summed E-state index contributed by atoms with van der Waals surface area (Å²) in [6.45, 7) is 5.29. The van der Waals surface area contributed by atoms with Crippen LogP contribution in [-0.2, 0) is 9.53 Å². The summed E-state index contributed by atoms with van der Waals surface area (Å²) < 4.78 is 6.28. The van der Waals surface area contributed by atoms with Crippen molar-refractivity contribution in [3.8, 4) is 0 Å². The van der Waals surface area contributed by atoms with Crippen LogP contribution in [0.5, 0.6) is 0 Å². The minimum absolute atomic E-state index is 0.0161. The number of nitrogens with one attached hydrogen (secondary N) is 2. The van der Waals surface area contributed by atoms with Crippen molar-refractivity contribution < 1.29 is 29.8 Å². The molecule has 0 radical (unpaired) electrons. The number of piperidine rings is 1. The van der Waals surface area contributed by atoms with Crippen LogP contribution in [-0.4, -0.2) is 80.3 Å². The van der Waals surface area contributed by atoms with E-state index in [1.807, 2.05) is 0 Å². The molecule has 1 saturated heterocycles. The number of carboxylic acid groups (broad SMARTS) is 1. The molecule has 6 N–H and O–H groups in total. The topological polar surface area (TPSA) is 145 Å². The number of aliphatic hydroxyl groups is 2. The molecule has 9 heteroatoms. The van der Waals surface area contributed by atoms with Crippen LogP contribution in [0.1, 0.15) is 71.1 Å². The zero-order valence-corrected chi connectivity index (χ0v) is 23.3. The Morgan fingerprint density at radius 1 is 1.24 bits per heavy atom. The molecule has 0 aromatic heterocycles. The van der Waals surface area contributed by atoms with E-state index >= 15 is 0 Å². The van der Waals surface area contributed by atoms with Gasteiger partial charge in [-0.3, -0.25) is 4.90 Å². The Morgan fingerprint density at radius 3 is 2.68 bits per heavy atom. The lowest BCUT2D eigenvalue weighted by Crippen LogP contribution is -3.19. The third kappa shape index (κ3) is 4.24. The molecule has 214 valence electrons. The normalized spacial score (nSPS) is 41.6. The van der Waals surface area contributed by atoms with Crippen molar-refractivity contribution in [1.29, 1.82) is 0 Å². The van der Waals surface area contributed by atoms with Crippen LogP contribution >= 0.6 is 0 Å². The number of likely N-dealkylation sites (tertiary alicyclic amines) is 1. The second-order valence-electron chi connectivity index (χ2n) is 12.9. The summed E-state index contributed by atoms with van der Waals surface area (Å²) in [6.07, 6.45) is 9.49. The number of aliphatic carboxylic acids is 1. The standard InChI is InChI=1S/C29H48N4O5/c1-19-8-9-20-14-23-24(25(35)36)27(37,18-38-22-6-4-3-5-7-22)16-28(19,23)29(20)17-33(26(30)31-2)12-10-21(29)15-32-11-13-34/h19-22,32,34,37H,3-18H2,1-2H3,(H2,30,31)(H,35,36). The minimum Gasteiger partial charge on any atom is -0.545 e. The van der Waals surface area contributed by atoms with Crippen molar-refractivity contribution in [3.63, 3.8) is 0 Å². The average Bonchev–Trinajstić information content (AvgIpc) is 3.26. The number of nitrogens with two attached hydrogens (primary N) is 1. The molecule has 1 heterocycles. The number of carbonyl (C=O) groups is 1. The number of hydrogen-bond donors (Lipinski definition) is 5. The lowest BCUT2D eigenvalue weighted by Gasteiger charge is -2.60. The summed E-state index contributed by atoms with van der Waals surface area (Å²) in [7, 11) is 1.73. The van der Waals surface area contributed by atoms with Gasteiger partial charge in [-0.25, -0.2) is 4.99 Å². The Labute approximate surface area is 226 Å². The van der Waals surface area contributed by atoms with Gasteiger partial charge in [0.15, 0.2) is 0 Å². The minimum atomic E-state index is -1.56. The maximum atomic E-state index is 12.8. The largest absolute Gasteiger partial charge is 0.545 e. The zero-order chi connectivity index (χ0) is 27.1. The number of aliphatic hydroxyl groups excluding tert-OH is 1. The highest BCUT2D eigenvalue weighted by molar-refractivity contribution is 5.90. The van der Waals surface area contributed by atoms with Crippen molar-refractivity contribution in [3.05, 3.63) is 11.1 Å². The van der Waals surface area contributed by atoms with Gasteiger partial charge in [0.1, 0.15) is 5.60 Å². The number of aliphatic imine (C=N–C) groups is 1. The van der Waals surface area contributed by atoms with Crippen molar-refractivity contribution in [1.82, 2.24) is 5.32 Å². The van der Waals surface area contributed by atoms with Gasteiger partial charge in [0.2, 0.25) is 0 Å². The summed E-state index contributed by atoms with van der Waals surface area (Å²) in [5, 5.41) is 37.9. The number of hydrogen-bond acceptors (Lipinski definition) is 7. The van der Waals surface area contributed by atoms with Gasteiger partial charge in [-0.15, -0.1) is 0 Å². The number of carbonyl (C=O) groups excluding carboxylic acids is 1. The highest BCUT2D eigenvalue weighted by Crippen LogP contribution is 2.76. The van der Waals surface area contributed by atoms with Crippen LogP contribution in [0.3, 0.4) is 0 Å². The first-order valence-corrected chi connectivity index (χ1v) is 14.9. The predicted molar refractivity (Wildman–Crippen MR) is 142 cm³/mol. The van der Waals surface area contributed by atoms with E-state index in [9.17, 15) is 20.1 Å². The molecule has 7 atom stereocenters. The molecular weight excluding hydrogens is 484 g/mol. The molecule has 4 fully saturated rings. The molecule has 5 rings (SSSR count). The van der Waals surface area contributed by atoms with Gasteiger partial charge < -0.3 is 35.9 Å². The summed E-state index contributed by atoms with van der Waals surface area (Å²) >= 11 is 0. The molecule has 0 aromatic carbocycles. The summed E-state index contributed by atoms with van der Waals surface area (Å²) in [4.78, 5) is 18.3. The summed E-state index contributed by atoms with van der Waals surface area (Å²) in [5.74, 6) is 0.157. The number of ether oxygens (including phenoxy) is 1. The van der Waals surface area contributed by atoms with Crippen LogP contribution in [0.25, 0.3) is 0 Å². The molecule has 1 aliphatic heterocycles. The number of rotatable bonds is 8. The fraction of sp³-hybridized carbons (Fsp3) is 0.862. The van der Waals surface area contributed by atoms with E-state index in [0.29, 0.717) is 31.3 Å². The number of nitrogens with zero attached hydrogens (tertiary/aromatic N) is 1. The Balaban J connectivity index is 1.58. The van der Waals surface area contributed by atoms with Crippen LogP contribution in [0, 0.1) is 28.6 Å². The first kappa shape index (κ1) is 28.0. The van der Waals surface area contributed by atoms with Crippen LogP contribution in [0.15, 0.2) is 16.1 Å². The van der Waals surface area contributed by atoms with Crippen molar-refractivity contribution in [2.75, 3.05) is 46.4 Å². The number of allylic oxidation sites excluding steroid dienone is 1. The molecule has 2 spiro atoms. The van der Waals surface area contributed by atoms with E-state index < -0.39 is 17.0 Å². The molecule has 38 heavy (non-hydrogen) atoms. The predicted octanol–water partition coefficient (Wildman–Crippen LogP) is -0.629. The van der Waals surface area contributed by atoms with Gasteiger partial charge in [0.25, 0.3) is 5.96 Å². The maximum absolute atomic E-state index is 12.8. The highest BCUT2D eigenvalue weighted by atomic mass is 16.5. The molecular formula is C29H48N4O5. The Bertz CT molecular complexity index is 965. The van der Waals surface area contributed by atoms with Crippen LogP contribution in [0.4, 0.5) is 0 Å². The number of guanidine groups is 1. The molecule has 2 bridgehead atoms. The van der Waals surface area contributed by atoms with Crippen LogP contribution in [0.2, 0.25) is 0 Å². The van der Waals surface area contributed by atoms with E-state index in [0.717, 1.165) is 75.1 Å². The Kier molecular flexibility index (Phi) is 7.97. The van der Waals surface area contributed by atoms with Crippen molar-refractivity contribution in [2.45, 2.75) is 82.8 Å². The van der Waals surface area contributed by atoms with E-state index in [1.54, 1.807) is 7.05 Å². The second-order valence-corrected chi connectivity index (χ2v) is 12.9. The lowest BCUT2D eigenvalue weighted by molar-refractivity contribution is -0.828. The van der Waals surface area contributed by atoms with E-state index in [1.165, 1.54) is 6.42 Å². The lowest BCUT2D eigenvalue weighted by atomic mass is 9.45. The smallest absolute Gasteiger partial charge is 0.293 e. The fourth-order valence-corrected chi connectivity index (χ4v) is 9.80. The molecule has 3 saturated carbocycles. The summed E-state index contributed by atoms with van der Waals surface area (Å²) in [6, 6.07) is 0. The molecule has 0 aromatic rings. The van der Waals surface area contributed by atoms with E-state index in [2.05, 4.69) is 17.2 Å². The Morgan fingerprint density at radius 2 is 2.00 bits per heavy atom. The van der Waals surface area contributed by atoms with Gasteiger partial charge in [-0.2, -0.15) is 0 Å². The van der Waals surface area contributed by atoms with Gasteiger partial charge in [0.05, 0.1) is 38.4 Å². The van der Waals surface area contributed by atoms with E-state index in [4.69, 9.17) is 10.5 Å². The first-order chi connectivity index (χ1) is 18.2. The van der Waals surface area contributed by atoms with Crippen molar-refractivity contribution in [2.24, 2.45) is 39.3 Å². The molecule has 4 aliphatic carbocycles. The van der Waals surface area contributed by atoms with Crippen LogP contribution < -0.4 is 21.1 Å². The quantitative estimate of drug-likeness (QED) is 0.159. The monoisotopic (exact) mass is 532 g/mol. The SMILES string of the molecule is CN=C(N)[NH+]1CCC(CNCCO)C2(C1)C1CCC(C)C23CC(O)(COC2CCCCC2)C(C(=O)[O-])=C3C1. The van der Waals surface area contributed by atoms with Crippen molar-refractivity contribution >= 4 is 11.9 Å². The molecule has 5 aliphatic rings. The Hall–Kier alpha value is -1.52. The average molecular weight is 533 g/mol. The highest BCUT2D eigenvalue weighted by Gasteiger charge is 2.75. The number of carboxylic acids is 1. The third-order valence-electron chi connectivity index (χ3n) is 11.3. The van der Waals surface area contributed by atoms with E-state index in [-0.39, 0.29) is 42.1 Å².